The molecule has 6 heteroatoms. The summed E-state index contributed by atoms with van der Waals surface area (Å²) in [4.78, 5) is 8.51. The van der Waals surface area contributed by atoms with Crippen LogP contribution in [0.25, 0.3) is 11.4 Å². The molecule has 25 heavy (non-hydrogen) atoms. The molecule has 3 nitrogen and oxygen atoms in total. The number of hydrogen-bond donors (Lipinski definition) is 1. The largest absolute Gasteiger partial charge is 0.416 e. The van der Waals surface area contributed by atoms with Gasteiger partial charge >= 0.3 is 6.18 Å². The SMILES string of the molecule is Cc1cccc(CNc2ccnc(-c3ccc(C(F)(F)F)cc3)n2)c1. The van der Waals surface area contributed by atoms with Crippen molar-refractivity contribution < 1.29 is 13.2 Å². The Balaban J connectivity index is 1.75. The third-order valence-corrected chi connectivity index (χ3v) is 3.68. The monoisotopic (exact) mass is 343 g/mol. The van der Waals surface area contributed by atoms with Crippen molar-refractivity contribution in [2.45, 2.75) is 19.6 Å². The Morgan fingerprint density at radius 2 is 1.76 bits per heavy atom. The number of anilines is 1. The van der Waals surface area contributed by atoms with Gasteiger partial charge in [0.25, 0.3) is 0 Å². The standard InChI is InChI=1S/C19H16F3N3/c1-13-3-2-4-14(11-13)12-24-17-9-10-23-18(25-17)15-5-7-16(8-6-15)19(20,21)22/h2-11H,12H2,1H3,(H,23,24,25). The maximum Gasteiger partial charge on any atom is 0.416 e. The van der Waals surface area contributed by atoms with Crippen molar-refractivity contribution in [3.8, 4) is 11.4 Å². The summed E-state index contributed by atoms with van der Waals surface area (Å²) >= 11 is 0. The zero-order valence-electron chi connectivity index (χ0n) is 13.5. The lowest BCUT2D eigenvalue weighted by Crippen LogP contribution is -2.05. The average Bonchev–Trinajstić information content (AvgIpc) is 2.60. The molecule has 0 aliphatic carbocycles. The van der Waals surface area contributed by atoms with Crippen LogP contribution in [0.3, 0.4) is 0 Å². The molecule has 0 bridgehead atoms. The van der Waals surface area contributed by atoms with Gasteiger partial charge in [-0.1, -0.05) is 42.0 Å². The molecule has 0 spiro atoms. The molecule has 2 aromatic carbocycles. The molecule has 128 valence electrons. The van der Waals surface area contributed by atoms with Gasteiger partial charge in [-0.3, -0.25) is 0 Å². The minimum Gasteiger partial charge on any atom is -0.366 e. The predicted molar refractivity (Wildman–Crippen MR) is 91.0 cm³/mol. The van der Waals surface area contributed by atoms with Crippen LogP contribution in [0, 0.1) is 6.92 Å². The molecule has 0 saturated heterocycles. The van der Waals surface area contributed by atoms with Gasteiger partial charge in [-0.15, -0.1) is 0 Å². The Bertz CT molecular complexity index is 858. The van der Waals surface area contributed by atoms with Gasteiger partial charge < -0.3 is 5.32 Å². The molecular weight excluding hydrogens is 327 g/mol. The normalized spacial score (nSPS) is 11.4. The quantitative estimate of drug-likeness (QED) is 0.717. The topological polar surface area (TPSA) is 37.8 Å². The van der Waals surface area contributed by atoms with Crippen LogP contribution in [-0.2, 0) is 12.7 Å². The van der Waals surface area contributed by atoms with E-state index in [2.05, 4.69) is 21.4 Å². The lowest BCUT2D eigenvalue weighted by molar-refractivity contribution is -0.137. The first kappa shape index (κ1) is 17.0. The highest BCUT2D eigenvalue weighted by Gasteiger charge is 2.30. The first-order chi connectivity index (χ1) is 11.9. The van der Waals surface area contributed by atoms with Crippen molar-refractivity contribution in [2.75, 3.05) is 5.32 Å². The molecule has 0 amide bonds. The zero-order chi connectivity index (χ0) is 17.9. The molecule has 0 fully saturated rings. The van der Waals surface area contributed by atoms with Crippen LogP contribution in [0.5, 0.6) is 0 Å². The molecule has 3 aromatic rings. The second-order valence-corrected chi connectivity index (χ2v) is 5.68. The fourth-order valence-corrected chi connectivity index (χ4v) is 2.42. The van der Waals surface area contributed by atoms with Crippen molar-refractivity contribution in [3.05, 3.63) is 77.5 Å². The molecule has 0 aliphatic heterocycles. The van der Waals surface area contributed by atoms with Crippen LogP contribution in [0.2, 0.25) is 0 Å². The van der Waals surface area contributed by atoms with Crippen molar-refractivity contribution in [1.29, 1.82) is 0 Å². The summed E-state index contributed by atoms with van der Waals surface area (Å²) in [5.74, 6) is 0.995. The van der Waals surface area contributed by atoms with E-state index < -0.39 is 11.7 Å². The lowest BCUT2D eigenvalue weighted by atomic mass is 10.1. The van der Waals surface area contributed by atoms with Crippen LogP contribution >= 0.6 is 0 Å². The van der Waals surface area contributed by atoms with Crippen molar-refractivity contribution >= 4 is 5.82 Å². The number of halogens is 3. The van der Waals surface area contributed by atoms with Crippen molar-refractivity contribution in [3.63, 3.8) is 0 Å². The molecule has 3 rings (SSSR count). The number of nitrogens with zero attached hydrogens (tertiary/aromatic N) is 2. The molecule has 0 radical (unpaired) electrons. The number of nitrogens with one attached hydrogen (secondary N) is 1. The van der Waals surface area contributed by atoms with E-state index in [4.69, 9.17) is 0 Å². The van der Waals surface area contributed by atoms with Gasteiger partial charge in [-0.25, -0.2) is 9.97 Å². The van der Waals surface area contributed by atoms with Crippen LogP contribution in [0.1, 0.15) is 16.7 Å². The van der Waals surface area contributed by atoms with Crippen LogP contribution in [0.4, 0.5) is 19.0 Å². The van der Waals surface area contributed by atoms with Gasteiger partial charge in [0.05, 0.1) is 5.56 Å². The first-order valence-electron chi connectivity index (χ1n) is 7.72. The molecule has 0 unspecified atom stereocenters. The maximum atomic E-state index is 12.6. The van der Waals surface area contributed by atoms with Crippen molar-refractivity contribution in [2.24, 2.45) is 0 Å². The van der Waals surface area contributed by atoms with Crippen molar-refractivity contribution in [1.82, 2.24) is 9.97 Å². The first-order valence-corrected chi connectivity index (χ1v) is 7.72. The van der Waals surface area contributed by atoms with Gasteiger partial charge in [-0.05, 0) is 30.7 Å². The fraction of sp³-hybridized carbons (Fsp3) is 0.158. The van der Waals surface area contributed by atoms with E-state index in [-0.39, 0.29) is 0 Å². The maximum absolute atomic E-state index is 12.6. The van der Waals surface area contributed by atoms with E-state index in [1.54, 1.807) is 12.3 Å². The van der Waals surface area contributed by atoms with E-state index in [1.165, 1.54) is 17.7 Å². The van der Waals surface area contributed by atoms with Gasteiger partial charge in [0, 0.05) is 18.3 Å². The van der Waals surface area contributed by atoms with Gasteiger partial charge in [0.15, 0.2) is 5.82 Å². The number of alkyl halides is 3. The van der Waals surface area contributed by atoms with Gasteiger partial charge in [-0.2, -0.15) is 13.2 Å². The summed E-state index contributed by atoms with van der Waals surface area (Å²) in [5, 5.41) is 3.20. The summed E-state index contributed by atoms with van der Waals surface area (Å²) in [5.41, 5.74) is 2.14. The van der Waals surface area contributed by atoms with E-state index >= 15 is 0 Å². The van der Waals surface area contributed by atoms with Gasteiger partial charge in [0.1, 0.15) is 5.82 Å². The smallest absolute Gasteiger partial charge is 0.366 e. The second-order valence-electron chi connectivity index (χ2n) is 5.68. The Kier molecular flexibility index (Phi) is 4.70. The predicted octanol–water partition coefficient (Wildman–Crippen LogP) is 5.08. The minimum atomic E-state index is -4.35. The Labute approximate surface area is 143 Å². The molecular formula is C19H16F3N3. The van der Waals surface area contributed by atoms with Crippen LogP contribution < -0.4 is 5.32 Å². The molecule has 0 atom stereocenters. The Morgan fingerprint density at radius 1 is 1.00 bits per heavy atom. The number of benzene rings is 2. The molecule has 1 aromatic heterocycles. The molecule has 1 heterocycles. The number of aryl methyl sites for hydroxylation is 1. The third-order valence-electron chi connectivity index (χ3n) is 3.68. The number of aromatic nitrogens is 2. The van der Waals surface area contributed by atoms with Crippen LogP contribution in [0.15, 0.2) is 60.8 Å². The summed E-state index contributed by atoms with van der Waals surface area (Å²) in [6, 6.07) is 14.6. The Morgan fingerprint density at radius 3 is 2.44 bits per heavy atom. The van der Waals surface area contributed by atoms with E-state index in [9.17, 15) is 13.2 Å². The fourth-order valence-electron chi connectivity index (χ4n) is 2.42. The Hall–Kier alpha value is -2.89. The minimum absolute atomic E-state index is 0.378. The number of rotatable bonds is 4. The molecule has 1 N–H and O–H groups in total. The summed E-state index contributed by atoms with van der Waals surface area (Å²) in [6.07, 6.45) is -2.77. The summed E-state index contributed by atoms with van der Waals surface area (Å²) in [7, 11) is 0. The average molecular weight is 343 g/mol. The number of hydrogen-bond acceptors (Lipinski definition) is 3. The highest BCUT2D eigenvalue weighted by Crippen LogP contribution is 2.30. The van der Waals surface area contributed by atoms with E-state index in [1.807, 2.05) is 25.1 Å². The highest BCUT2D eigenvalue weighted by molar-refractivity contribution is 5.57. The van der Waals surface area contributed by atoms with Crippen LogP contribution in [-0.4, -0.2) is 9.97 Å². The van der Waals surface area contributed by atoms with E-state index in [0.717, 1.165) is 17.7 Å². The summed E-state index contributed by atoms with van der Waals surface area (Å²) < 4.78 is 37.9. The summed E-state index contributed by atoms with van der Waals surface area (Å²) in [6.45, 7) is 2.63. The van der Waals surface area contributed by atoms with Gasteiger partial charge in [0.2, 0.25) is 0 Å². The third kappa shape index (κ3) is 4.35. The second kappa shape index (κ2) is 6.93. The lowest BCUT2D eigenvalue weighted by Gasteiger charge is -2.09. The zero-order valence-corrected chi connectivity index (χ0v) is 13.5. The molecule has 0 saturated carbocycles. The highest BCUT2D eigenvalue weighted by atomic mass is 19.4. The molecule has 0 aliphatic rings. The van der Waals surface area contributed by atoms with E-state index in [0.29, 0.717) is 23.8 Å².